The average Bonchev–Trinajstić information content (AvgIpc) is 3.03. The highest BCUT2D eigenvalue weighted by atomic mass is 127. The van der Waals surface area contributed by atoms with Gasteiger partial charge in [-0.1, -0.05) is 36.8 Å². The van der Waals surface area contributed by atoms with Crippen molar-refractivity contribution in [1.82, 2.24) is 25.4 Å². The fourth-order valence-electron chi connectivity index (χ4n) is 3.94. The summed E-state index contributed by atoms with van der Waals surface area (Å²) in [5.74, 6) is 4.62. The third-order valence-corrected chi connectivity index (χ3v) is 5.69. The van der Waals surface area contributed by atoms with Gasteiger partial charge in [0.25, 0.3) is 0 Å². The summed E-state index contributed by atoms with van der Waals surface area (Å²) in [6.07, 6.45) is 5.54. The Kier molecular flexibility index (Phi) is 9.53. The molecule has 8 heteroatoms. The molecule has 0 bridgehead atoms. The van der Waals surface area contributed by atoms with Crippen LogP contribution in [-0.2, 0) is 25.9 Å². The molecule has 4 rings (SSSR count). The summed E-state index contributed by atoms with van der Waals surface area (Å²) >= 11 is 0. The van der Waals surface area contributed by atoms with Gasteiger partial charge in [0, 0.05) is 45.1 Å². The van der Waals surface area contributed by atoms with Crippen LogP contribution in [0.15, 0.2) is 53.5 Å². The van der Waals surface area contributed by atoms with E-state index in [0.29, 0.717) is 6.54 Å². The molecule has 7 nitrogen and oxygen atoms in total. The van der Waals surface area contributed by atoms with Crippen LogP contribution in [0.2, 0.25) is 0 Å². The number of aromatic nitrogens is 3. The first-order valence-electron chi connectivity index (χ1n) is 11.4. The molecule has 2 aromatic carbocycles. The van der Waals surface area contributed by atoms with Crippen molar-refractivity contribution >= 4 is 29.9 Å². The summed E-state index contributed by atoms with van der Waals surface area (Å²) in [4.78, 5) is 4.37. The lowest BCUT2D eigenvalue weighted by atomic mass is 10.1. The van der Waals surface area contributed by atoms with Gasteiger partial charge in [-0.3, -0.25) is 4.99 Å². The molecule has 3 aromatic rings. The molecule has 1 aliphatic heterocycles. The quantitative estimate of drug-likeness (QED) is 0.251. The monoisotopic (exact) mass is 560 g/mol. The van der Waals surface area contributed by atoms with Crippen molar-refractivity contribution in [2.45, 2.75) is 52.1 Å². The molecule has 0 spiro atoms. The number of benzene rings is 2. The minimum atomic E-state index is 0. The molecule has 0 fully saturated rings. The van der Waals surface area contributed by atoms with Crippen molar-refractivity contribution in [3.05, 3.63) is 71.3 Å². The van der Waals surface area contributed by atoms with Gasteiger partial charge >= 0.3 is 0 Å². The molecule has 33 heavy (non-hydrogen) atoms. The van der Waals surface area contributed by atoms with Crippen molar-refractivity contribution in [1.29, 1.82) is 0 Å². The van der Waals surface area contributed by atoms with Gasteiger partial charge in [-0.25, -0.2) is 0 Å². The lowest BCUT2D eigenvalue weighted by Gasteiger charge is -2.15. The Balaban J connectivity index is 0.00000306. The van der Waals surface area contributed by atoms with E-state index in [9.17, 15) is 0 Å². The zero-order chi connectivity index (χ0) is 22.2. The maximum absolute atomic E-state index is 6.13. The third-order valence-electron chi connectivity index (χ3n) is 5.69. The minimum Gasteiger partial charge on any atom is -0.457 e. The molecular weight excluding hydrogens is 527 g/mol. The number of aliphatic imine (C=N–C) groups is 1. The maximum Gasteiger partial charge on any atom is 0.191 e. The summed E-state index contributed by atoms with van der Waals surface area (Å²) in [6.45, 7) is 4.46. The van der Waals surface area contributed by atoms with E-state index >= 15 is 0 Å². The highest BCUT2D eigenvalue weighted by Gasteiger charge is 2.14. The van der Waals surface area contributed by atoms with Crippen LogP contribution in [0.4, 0.5) is 0 Å². The SMILES string of the molecule is CN=C(NCCc1nnc2n1CCCCC2)NCc1ccc(C)cc1Oc1ccccc1.I. The van der Waals surface area contributed by atoms with Gasteiger partial charge in [0.1, 0.15) is 23.1 Å². The second-order valence-corrected chi connectivity index (χ2v) is 8.12. The lowest BCUT2D eigenvalue weighted by molar-refractivity contribution is 0.474. The Morgan fingerprint density at radius 3 is 2.73 bits per heavy atom. The number of nitrogens with one attached hydrogen (secondary N) is 2. The van der Waals surface area contributed by atoms with Crippen LogP contribution in [0.5, 0.6) is 11.5 Å². The molecular formula is C25H33IN6O. The molecule has 0 radical (unpaired) electrons. The molecule has 0 saturated heterocycles. The normalized spacial score (nSPS) is 13.5. The molecule has 176 valence electrons. The van der Waals surface area contributed by atoms with Gasteiger partial charge in [0.2, 0.25) is 0 Å². The number of hydrogen-bond donors (Lipinski definition) is 2. The zero-order valence-corrected chi connectivity index (χ0v) is 21.7. The number of aryl methyl sites for hydroxylation is 2. The summed E-state index contributed by atoms with van der Waals surface area (Å²) in [7, 11) is 1.79. The number of para-hydroxylation sites is 1. The Bertz CT molecular complexity index is 1050. The average molecular weight is 560 g/mol. The molecule has 0 atom stereocenters. The Hall–Kier alpha value is -2.62. The van der Waals surface area contributed by atoms with Gasteiger partial charge in [0.15, 0.2) is 5.96 Å². The van der Waals surface area contributed by atoms with Crippen molar-refractivity contribution < 1.29 is 4.74 Å². The first kappa shape index (κ1) is 25.0. The molecule has 0 amide bonds. The number of halogens is 1. The Labute approximate surface area is 213 Å². The predicted molar refractivity (Wildman–Crippen MR) is 143 cm³/mol. The van der Waals surface area contributed by atoms with Gasteiger partial charge in [-0.2, -0.15) is 0 Å². The van der Waals surface area contributed by atoms with E-state index < -0.39 is 0 Å². The lowest BCUT2D eigenvalue weighted by Crippen LogP contribution is -2.38. The molecule has 1 aromatic heterocycles. The molecule has 1 aliphatic rings. The van der Waals surface area contributed by atoms with E-state index in [2.05, 4.69) is 55.5 Å². The number of nitrogens with zero attached hydrogens (tertiary/aromatic N) is 4. The maximum atomic E-state index is 6.13. The molecule has 2 heterocycles. The van der Waals surface area contributed by atoms with Crippen molar-refractivity contribution in [2.24, 2.45) is 4.99 Å². The predicted octanol–water partition coefficient (Wildman–Crippen LogP) is 4.63. The summed E-state index contributed by atoms with van der Waals surface area (Å²) in [5, 5.41) is 15.6. The topological polar surface area (TPSA) is 76.4 Å². The first-order valence-corrected chi connectivity index (χ1v) is 11.4. The number of ether oxygens (including phenoxy) is 1. The fourth-order valence-corrected chi connectivity index (χ4v) is 3.94. The summed E-state index contributed by atoms with van der Waals surface area (Å²) in [5.41, 5.74) is 2.24. The summed E-state index contributed by atoms with van der Waals surface area (Å²) in [6, 6.07) is 16.1. The Morgan fingerprint density at radius 1 is 1.06 bits per heavy atom. The second kappa shape index (κ2) is 12.6. The minimum absolute atomic E-state index is 0. The van der Waals surface area contributed by atoms with E-state index in [1.165, 1.54) is 19.3 Å². The summed E-state index contributed by atoms with van der Waals surface area (Å²) < 4.78 is 8.43. The Morgan fingerprint density at radius 2 is 1.91 bits per heavy atom. The van der Waals surface area contributed by atoms with Gasteiger partial charge in [-0.05, 0) is 43.5 Å². The number of rotatable bonds is 7. The largest absolute Gasteiger partial charge is 0.457 e. The van der Waals surface area contributed by atoms with E-state index in [-0.39, 0.29) is 24.0 Å². The van der Waals surface area contributed by atoms with Crippen molar-refractivity contribution in [2.75, 3.05) is 13.6 Å². The number of guanidine groups is 1. The number of hydrogen-bond acceptors (Lipinski definition) is 4. The smallest absolute Gasteiger partial charge is 0.191 e. The highest BCUT2D eigenvalue weighted by Crippen LogP contribution is 2.26. The first-order chi connectivity index (χ1) is 15.7. The van der Waals surface area contributed by atoms with Gasteiger partial charge < -0.3 is 19.9 Å². The van der Waals surface area contributed by atoms with E-state index in [1.807, 2.05) is 30.3 Å². The van der Waals surface area contributed by atoms with Crippen LogP contribution >= 0.6 is 24.0 Å². The van der Waals surface area contributed by atoms with Crippen LogP contribution < -0.4 is 15.4 Å². The fraction of sp³-hybridized carbons (Fsp3) is 0.400. The van der Waals surface area contributed by atoms with E-state index in [4.69, 9.17) is 4.74 Å². The third kappa shape index (κ3) is 6.93. The van der Waals surface area contributed by atoms with Crippen LogP contribution in [0.1, 0.15) is 42.0 Å². The van der Waals surface area contributed by atoms with E-state index in [0.717, 1.165) is 66.2 Å². The standard InChI is InChI=1S/C25H32N6O.HI/c1-19-12-13-20(22(17-19)32-21-9-5-3-6-10-21)18-28-25(26-2)27-15-14-24-30-29-23-11-7-4-8-16-31(23)24;/h3,5-6,9-10,12-13,17H,4,7-8,11,14-16,18H2,1-2H3,(H2,26,27,28);1H. The molecule has 2 N–H and O–H groups in total. The molecule has 0 unspecified atom stereocenters. The van der Waals surface area contributed by atoms with Crippen molar-refractivity contribution in [3.8, 4) is 11.5 Å². The highest BCUT2D eigenvalue weighted by molar-refractivity contribution is 14.0. The zero-order valence-electron chi connectivity index (χ0n) is 19.4. The van der Waals surface area contributed by atoms with Crippen LogP contribution in [-0.4, -0.2) is 34.3 Å². The van der Waals surface area contributed by atoms with Crippen LogP contribution in [0, 0.1) is 6.92 Å². The van der Waals surface area contributed by atoms with Crippen LogP contribution in [0.3, 0.4) is 0 Å². The van der Waals surface area contributed by atoms with Gasteiger partial charge in [-0.15, -0.1) is 34.2 Å². The van der Waals surface area contributed by atoms with E-state index in [1.54, 1.807) is 7.05 Å². The van der Waals surface area contributed by atoms with Gasteiger partial charge in [0.05, 0.1) is 0 Å². The molecule has 0 saturated carbocycles. The second-order valence-electron chi connectivity index (χ2n) is 8.12. The van der Waals surface area contributed by atoms with Crippen molar-refractivity contribution in [3.63, 3.8) is 0 Å². The molecule has 0 aliphatic carbocycles. The van der Waals surface area contributed by atoms with Crippen LogP contribution in [0.25, 0.3) is 0 Å². The number of fused-ring (bicyclic) bond motifs is 1.